The molecule has 9 nitrogen and oxygen atoms in total. The predicted octanol–water partition coefficient (Wildman–Crippen LogP) is 5.39. The number of para-hydroxylation sites is 1. The van der Waals surface area contributed by atoms with Crippen LogP contribution < -0.4 is 14.4 Å². The second-order valence-electron chi connectivity index (χ2n) is 10.6. The fourth-order valence-corrected chi connectivity index (χ4v) is 6.16. The topological polar surface area (TPSA) is 93.4 Å². The summed E-state index contributed by atoms with van der Waals surface area (Å²) < 4.78 is 23.6. The number of nitrogens with zero attached hydrogens (tertiary/aromatic N) is 3. The fraction of sp³-hybridized carbons (Fsp3) is 0.355. The molecule has 0 spiro atoms. The SMILES string of the molecule is [C-]#[N+]c1c(O[C@@H]2CO[C@H]3[C@@H]2OC[C@H]3O)[nH]c2cc(Cl)c(-c3ccc(N4CCC(Oc5ccccc5)CC4)cc3)nc12. The zero-order chi connectivity index (χ0) is 27.9. The molecule has 10 heteroatoms. The number of hydrogen-bond donors (Lipinski definition) is 2. The summed E-state index contributed by atoms with van der Waals surface area (Å²) in [6.07, 6.45) is 0.210. The van der Waals surface area contributed by atoms with Gasteiger partial charge in [0.2, 0.25) is 0 Å². The lowest BCUT2D eigenvalue weighted by atomic mass is 10.1. The second-order valence-corrected chi connectivity index (χ2v) is 11.0. The zero-order valence-electron chi connectivity index (χ0n) is 22.2. The first-order valence-electron chi connectivity index (χ1n) is 13.8. The Kier molecular flexibility index (Phi) is 6.93. The van der Waals surface area contributed by atoms with Crippen LogP contribution >= 0.6 is 11.6 Å². The summed E-state index contributed by atoms with van der Waals surface area (Å²) in [7, 11) is 0. The molecular formula is C31H29ClN4O5. The number of piperidine rings is 1. The summed E-state index contributed by atoms with van der Waals surface area (Å²) in [6, 6.07) is 20.0. The van der Waals surface area contributed by atoms with Crippen molar-refractivity contribution >= 4 is 34.0 Å². The molecule has 4 aromatic rings. The van der Waals surface area contributed by atoms with Crippen molar-refractivity contribution in [2.24, 2.45) is 0 Å². The van der Waals surface area contributed by atoms with Crippen LogP contribution in [0, 0.1) is 6.57 Å². The van der Waals surface area contributed by atoms with Gasteiger partial charge in [-0.2, -0.15) is 0 Å². The van der Waals surface area contributed by atoms with Crippen molar-refractivity contribution in [2.45, 2.75) is 43.4 Å². The monoisotopic (exact) mass is 572 g/mol. The number of benzene rings is 2. The summed E-state index contributed by atoms with van der Waals surface area (Å²) >= 11 is 6.68. The van der Waals surface area contributed by atoms with Crippen molar-refractivity contribution in [2.75, 3.05) is 31.2 Å². The molecular weight excluding hydrogens is 544 g/mol. The molecule has 0 amide bonds. The molecule has 3 aliphatic rings. The van der Waals surface area contributed by atoms with E-state index in [0.29, 0.717) is 27.6 Å². The van der Waals surface area contributed by atoms with Crippen molar-refractivity contribution in [1.82, 2.24) is 9.97 Å². The van der Waals surface area contributed by atoms with Crippen LogP contribution in [0.4, 0.5) is 11.4 Å². The van der Waals surface area contributed by atoms with E-state index in [0.717, 1.165) is 42.9 Å². The third-order valence-electron chi connectivity index (χ3n) is 8.02. The Balaban J connectivity index is 1.07. The number of fused-ring (bicyclic) bond motifs is 2. The largest absolute Gasteiger partial charge is 0.490 e. The van der Waals surface area contributed by atoms with Gasteiger partial charge in [0.15, 0.2) is 12.0 Å². The molecule has 0 unspecified atom stereocenters. The number of halogens is 1. The molecule has 3 fully saturated rings. The van der Waals surface area contributed by atoms with Crippen LogP contribution in [0.5, 0.6) is 11.6 Å². The average Bonchev–Trinajstić information content (AvgIpc) is 3.68. The molecule has 210 valence electrons. The maximum Gasteiger partial charge on any atom is 0.272 e. The molecule has 3 saturated heterocycles. The lowest BCUT2D eigenvalue weighted by molar-refractivity contribution is 0.00810. The van der Waals surface area contributed by atoms with Gasteiger partial charge < -0.3 is 33.9 Å². The normalized spacial score (nSPS) is 24.4. The van der Waals surface area contributed by atoms with E-state index >= 15 is 0 Å². The minimum absolute atomic E-state index is 0.206. The smallest absolute Gasteiger partial charge is 0.272 e. The number of H-pyrrole nitrogens is 1. The first kappa shape index (κ1) is 26.1. The summed E-state index contributed by atoms with van der Waals surface area (Å²) in [5.41, 5.74) is 3.98. The highest BCUT2D eigenvalue weighted by molar-refractivity contribution is 6.33. The highest BCUT2D eigenvalue weighted by Crippen LogP contribution is 2.41. The zero-order valence-corrected chi connectivity index (χ0v) is 23.0. The average molecular weight is 573 g/mol. The Morgan fingerprint density at radius 3 is 2.51 bits per heavy atom. The molecule has 2 aromatic heterocycles. The highest BCUT2D eigenvalue weighted by atomic mass is 35.5. The number of anilines is 1. The van der Waals surface area contributed by atoms with E-state index in [2.05, 4.69) is 26.9 Å². The Hall–Kier alpha value is -3.81. The van der Waals surface area contributed by atoms with Gasteiger partial charge in [0.25, 0.3) is 5.69 Å². The lowest BCUT2D eigenvalue weighted by Crippen LogP contribution is -2.38. The number of aromatic nitrogens is 2. The lowest BCUT2D eigenvalue weighted by Gasteiger charge is -2.33. The van der Waals surface area contributed by atoms with Gasteiger partial charge in [0, 0.05) is 37.2 Å². The van der Waals surface area contributed by atoms with Crippen LogP contribution in [-0.4, -0.2) is 71.9 Å². The fourth-order valence-electron chi connectivity index (χ4n) is 5.90. The molecule has 41 heavy (non-hydrogen) atoms. The summed E-state index contributed by atoms with van der Waals surface area (Å²) in [5.74, 6) is 1.22. The molecule has 7 rings (SSSR count). The maximum absolute atomic E-state index is 10.0. The van der Waals surface area contributed by atoms with E-state index in [1.165, 1.54) is 0 Å². The van der Waals surface area contributed by atoms with Gasteiger partial charge >= 0.3 is 0 Å². The molecule has 5 heterocycles. The van der Waals surface area contributed by atoms with Gasteiger partial charge in [0.05, 0.1) is 41.5 Å². The van der Waals surface area contributed by atoms with Crippen LogP contribution in [0.3, 0.4) is 0 Å². The third-order valence-corrected chi connectivity index (χ3v) is 8.31. The quantitative estimate of drug-likeness (QED) is 0.299. The molecule has 0 saturated carbocycles. The van der Waals surface area contributed by atoms with Crippen molar-refractivity contribution in [1.29, 1.82) is 0 Å². The van der Waals surface area contributed by atoms with Gasteiger partial charge in [0.1, 0.15) is 30.2 Å². The molecule has 2 N–H and O–H groups in total. The number of ether oxygens (including phenoxy) is 4. The summed E-state index contributed by atoms with van der Waals surface area (Å²) in [6.45, 7) is 10.1. The number of aliphatic hydroxyl groups excluding tert-OH is 1. The molecule has 2 aromatic carbocycles. The Morgan fingerprint density at radius 2 is 1.76 bits per heavy atom. The van der Waals surface area contributed by atoms with Crippen molar-refractivity contribution in [3.8, 4) is 22.9 Å². The Labute approximate surface area is 242 Å². The van der Waals surface area contributed by atoms with Crippen LogP contribution in [0.15, 0.2) is 60.7 Å². The van der Waals surface area contributed by atoms with Crippen LogP contribution in [-0.2, 0) is 9.47 Å². The Bertz CT molecular complexity index is 1580. The first-order chi connectivity index (χ1) is 20.1. The van der Waals surface area contributed by atoms with E-state index in [1.54, 1.807) is 6.07 Å². The number of pyridine rings is 1. The van der Waals surface area contributed by atoms with E-state index in [-0.39, 0.29) is 31.1 Å². The van der Waals surface area contributed by atoms with E-state index in [9.17, 15) is 5.11 Å². The summed E-state index contributed by atoms with van der Waals surface area (Å²) in [5, 5.41) is 10.5. The van der Waals surface area contributed by atoms with Gasteiger partial charge in [-0.1, -0.05) is 41.9 Å². The van der Waals surface area contributed by atoms with Crippen molar-refractivity contribution in [3.63, 3.8) is 0 Å². The van der Waals surface area contributed by atoms with Crippen molar-refractivity contribution < 1.29 is 24.1 Å². The maximum atomic E-state index is 10.0. The van der Waals surface area contributed by atoms with E-state index in [1.807, 2.05) is 42.5 Å². The molecule has 0 radical (unpaired) electrons. The minimum atomic E-state index is -0.674. The highest BCUT2D eigenvalue weighted by Gasteiger charge is 2.48. The third kappa shape index (κ3) is 4.98. The number of nitrogens with one attached hydrogen (secondary N) is 1. The van der Waals surface area contributed by atoms with E-state index < -0.39 is 18.3 Å². The Morgan fingerprint density at radius 1 is 1.00 bits per heavy atom. The predicted molar refractivity (Wildman–Crippen MR) is 155 cm³/mol. The van der Waals surface area contributed by atoms with Crippen molar-refractivity contribution in [3.05, 3.63) is 77.1 Å². The first-order valence-corrected chi connectivity index (χ1v) is 14.2. The number of rotatable bonds is 6. The minimum Gasteiger partial charge on any atom is -0.490 e. The van der Waals surface area contributed by atoms with Gasteiger partial charge in [-0.25, -0.2) is 4.85 Å². The van der Waals surface area contributed by atoms with Crippen LogP contribution in [0.1, 0.15) is 12.8 Å². The number of hydrogen-bond acceptors (Lipinski definition) is 7. The number of aromatic amines is 1. The standard InChI is InChI=1S/C31H29ClN4O5/c1-33-28-27-23(34-31(28)41-25-17-39-29-24(37)16-38-30(25)29)15-22(32)26(35-27)18-7-9-19(10-8-18)36-13-11-21(12-14-36)40-20-5-3-2-4-6-20/h2-10,15,21,24-25,29-30,34,37H,11-14,16-17H2/t24-,25-,29-,30-/m1/s1. The van der Waals surface area contributed by atoms with Crippen LogP contribution in [0.25, 0.3) is 27.1 Å². The van der Waals surface area contributed by atoms with E-state index in [4.69, 9.17) is 42.1 Å². The van der Waals surface area contributed by atoms with Crippen LogP contribution in [0.2, 0.25) is 5.02 Å². The molecule has 3 aliphatic heterocycles. The molecule has 4 atom stereocenters. The molecule has 0 aliphatic carbocycles. The number of aliphatic hydroxyl groups is 1. The second kappa shape index (κ2) is 10.9. The molecule has 0 bridgehead atoms. The summed E-state index contributed by atoms with van der Waals surface area (Å²) in [4.78, 5) is 14.0. The van der Waals surface area contributed by atoms with Gasteiger partial charge in [-0.3, -0.25) is 4.98 Å². The van der Waals surface area contributed by atoms with Gasteiger partial charge in [-0.05, 0) is 30.3 Å². The van der Waals surface area contributed by atoms with Gasteiger partial charge in [-0.15, -0.1) is 0 Å².